The van der Waals surface area contributed by atoms with E-state index in [0.717, 1.165) is 29.1 Å². The van der Waals surface area contributed by atoms with Gasteiger partial charge in [-0.15, -0.1) is 0 Å². The van der Waals surface area contributed by atoms with Crippen molar-refractivity contribution in [1.82, 2.24) is 15.0 Å². The molecule has 0 amide bonds. The normalized spacial score (nSPS) is 12.4. The lowest BCUT2D eigenvalue weighted by Gasteiger charge is -2.14. The number of hydrogen-bond donors (Lipinski definition) is 1. The van der Waals surface area contributed by atoms with Crippen LogP contribution in [-0.2, 0) is 6.42 Å². The molecule has 2 aromatic rings. The quantitative estimate of drug-likeness (QED) is 0.927. The van der Waals surface area contributed by atoms with Gasteiger partial charge in [0.1, 0.15) is 5.69 Å². The first-order valence-corrected chi connectivity index (χ1v) is 6.99. The summed E-state index contributed by atoms with van der Waals surface area (Å²) in [5, 5.41) is 0. The molecule has 2 heterocycles. The van der Waals surface area contributed by atoms with Crippen molar-refractivity contribution in [2.24, 2.45) is 11.7 Å². The van der Waals surface area contributed by atoms with Crippen LogP contribution in [-0.4, -0.2) is 21.5 Å². The molecule has 0 spiro atoms. The van der Waals surface area contributed by atoms with Crippen LogP contribution in [0.25, 0.3) is 11.5 Å². The van der Waals surface area contributed by atoms with Gasteiger partial charge in [-0.05, 0) is 56.8 Å². The van der Waals surface area contributed by atoms with Crippen LogP contribution in [0.3, 0.4) is 0 Å². The molecule has 0 saturated carbocycles. The van der Waals surface area contributed by atoms with Crippen molar-refractivity contribution in [2.75, 3.05) is 6.54 Å². The highest BCUT2D eigenvalue weighted by molar-refractivity contribution is 5.55. The maximum absolute atomic E-state index is 5.71. The summed E-state index contributed by atoms with van der Waals surface area (Å²) >= 11 is 0. The molecule has 106 valence electrons. The summed E-state index contributed by atoms with van der Waals surface area (Å²) in [5.41, 5.74) is 10.9. The molecule has 2 rings (SSSR count). The van der Waals surface area contributed by atoms with Crippen molar-refractivity contribution in [3.63, 3.8) is 0 Å². The zero-order chi connectivity index (χ0) is 14.7. The Morgan fingerprint density at radius 1 is 1.15 bits per heavy atom. The van der Waals surface area contributed by atoms with Gasteiger partial charge in [-0.1, -0.05) is 13.0 Å². The van der Waals surface area contributed by atoms with Gasteiger partial charge in [0.25, 0.3) is 0 Å². The van der Waals surface area contributed by atoms with Crippen LogP contribution in [0, 0.1) is 26.7 Å². The SMILES string of the molecule is Cc1cccnc1-c1nc(C)c(CC(C)CN)c(C)n1. The van der Waals surface area contributed by atoms with Crippen molar-refractivity contribution in [3.05, 3.63) is 40.8 Å². The first-order valence-electron chi connectivity index (χ1n) is 6.99. The fourth-order valence-electron chi connectivity index (χ4n) is 2.29. The monoisotopic (exact) mass is 270 g/mol. The van der Waals surface area contributed by atoms with E-state index in [4.69, 9.17) is 5.73 Å². The van der Waals surface area contributed by atoms with Gasteiger partial charge >= 0.3 is 0 Å². The minimum absolute atomic E-state index is 0.443. The lowest BCUT2D eigenvalue weighted by Crippen LogP contribution is -2.15. The third-order valence-electron chi connectivity index (χ3n) is 3.60. The summed E-state index contributed by atoms with van der Waals surface area (Å²) in [7, 11) is 0. The second kappa shape index (κ2) is 6.09. The average molecular weight is 270 g/mol. The van der Waals surface area contributed by atoms with E-state index >= 15 is 0 Å². The topological polar surface area (TPSA) is 64.7 Å². The summed E-state index contributed by atoms with van der Waals surface area (Å²) in [6.45, 7) is 8.93. The van der Waals surface area contributed by atoms with Crippen molar-refractivity contribution in [3.8, 4) is 11.5 Å². The third kappa shape index (κ3) is 3.02. The largest absolute Gasteiger partial charge is 0.330 e. The first kappa shape index (κ1) is 14.6. The molecule has 0 aliphatic rings. The molecule has 2 N–H and O–H groups in total. The van der Waals surface area contributed by atoms with E-state index < -0.39 is 0 Å². The first-order chi connectivity index (χ1) is 9.52. The van der Waals surface area contributed by atoms with Crippen LogP contribution in [0.5, 0.6) is 0 Å². The van der Waals surface area contributed by atoms with Gasteiger partial charge in [0, 0.05) is 17.6 Å². The highest BCUT2D eigenvalue weighted by atomic mass is 14.9. The molecule has 1 atom stereocenters. The number of hydrogen-bond acceptors (Lipinski definition) is 4. The molecule has 4 nitrogen and oxygen atoms in total. The molecular formula is C16H22N4. The van der Waals surface area contributed by atoms with Gasteiger partial charge < -0.3 is 5.73 Å². The van der Waals surface area contributed by atoms with E-state index in [1.54, 1.807) is 6.20 Å². The highest BCUT2D eigenvalue weighted by Gasteiger charge is 2.14. The number of rotatable bonds is 4. The Morgan fingerprint density at radius 2 is 1.80 bits per heavy atom. The van der Waals surface area contributed by atoms with E-state index in [2.05, 4.69) is 21.9 Å². The Labute approximate surface area is 120 Å². The maximum Gasteiger partial charge on any atom is 0.178 e. The lowest BCUT2D eigenvalue weighted by molar-refractivity contribution is 0.586. The second-order valence-corrected chi connectivity index (χ2v) is 5.41. The summed E-state index contributed by atoms with van der Waals surface area (Å²) in [6.07, 6.45) is 2.70. The fourth-order valence-corrected chi connectivity index (χ4v) is 2.29. The molecule has 0 aliphatic heterocycles. The Kier molecular flexibility index (Phi) is 4.45. The Balaban J connectivity index is 2.43. The molecule has 0 aliphatic carbocycles. The molecule has 0 aromatic carbocycles. The summed E-state index contributed by atoms with van der Waals surface area (Å²) in [5.74, 6) is 1.15. The number of nitrogens with zero attached hydrogens (tertiary/aromatic N) is 3. The van der Waals surface area contributed by atoms with Crippen LogP contribution < -0.4 is 5.73 Å². The van der Waals surface area contributed by atoms with E-state index in [-0.39, 0.29) is 0 Å². The lowest BCUT2D eigenvalue weighted by atomic mass is 9.99. The van der Waals surface area contributed by atoms with Crippen LogP contribution in [0.15, 0.2) is 18.3 Å². The average Bonchev–Trinajstić information content (AvgIpc) is 2.42. The molecule has 0 radical (unpaired) electrons. The second-order valence-electron chi connectivity index (χ2n) is 5.41. The molecule has 4 heteroatoms. The fraction of sp³-hybridized carbons (Fsp3) is 0.438. The molecule has 0 saturated heterocycles. The molecule has 0 fully saturated rings. The van der Waals surface area contributed by atoms with Crippen molar-refractivity contribution in [2.45, 2.75) is 34.1 Å². The predicted molar refractivity (Wildman–Crippen MR) is 81.4 cm³/mol. The standard InChI is InChI=1S/C16H22N4/c1-10(9-17)8-14-12(3)19-16(20-13(14)4)15-11(2)6-5-7-18-15/h5-7,10H,8-9,17H2,1-4H3. The third-order valence-corrected chi connectivity index (χ3v) is 3.60. The summed E-state index contributed by atoms with van der Waals surface area (Å²) < 4.78 is 0. The minimum Gasteiger partial charge on any atom is -0.330 e. The van der Waals surface area contributed by atoms with Crippen LogP contribution in [0.4, 0.5) is 0 Å². The van der Waals surface area contributed by atoms with Crippen LogP contribution in [0.1, 0.15) is 29.4 Å². The Morgan fingerprint density at radius 3 is 2.35 bits per heavy atom. The van der Waals surface area contributed by atoms with Crippen molar-refractivity contribution >= 4 is 0 Å². The molecule has 0 bridgehead atoms. The molecular weight excluding hydrogens is 248 g/mol. The smallest absolute Gasteiger partial charge is 0.178 e. The number of nitrogens with two attached hydrogens (primary N) is 1. The van der Waals surface area contributed by atoms with Crippen LogP contribution in [0.2, 0.25) is 0 Å². The van der Waals surface area contributed by atoms with Gasteiger partial charge in [0.15, 0.2) is 5.82 Å². The predicted octanol–water partition coefficient (Wildman–Crippen LogP) is 2.60. The van der Waals surface area contributed by atoms with Gasteiger partial charge in [0.05, 0.1) is 0 Å². The van der Waals surface area contributed by atoms with Gasteiger partial charge in [-0.3, -0.25) is 4.98 Å². The number of pyridine rings is 1. The zero-order valence-corrected chi connectivity index (χ0v) is 12.6. The maximum atomic E-state index is 5.71. The zero-order valence-electron chi connectivity index (χ0n) is 12.6. The van der Waals surface area contributed by atoms with E-state index in [1.807, 2.05) is 32.9 Å². The minimum atomic E-state index is 0.443. The molecule has 20 heavy (non-hydrogen) atoms. The van der Waals surface area contributed by atoms with Gasteiger partial charge in [0.2, 0.25) is 0 Å². The van der Waals surface area contributed by atoms with Crippen molar-refractivity contribution < 1.29 is 0 Å². The number of aryl methyl sites for hydroxylation is 3. The number of aromatic nitrogens is 3. The Hall–Kier alpha value is -1.81. The van der Waals surface area contributed by atoms with Gasteiger partial charge in [-0.2, -0.15) is 0 Å². The summed E-state index contributed by atoms with van der Waals surface area (Å²) in [6, 6.07) is 3.95. The van der Waals surface area contributed by atoms with E-state index in [0.29, 0.717) is 18.3 Å². The highest BCUT2D eigenvalue weighted by Crippen LogP contribution is 2.21. The summed E-state index contributed by atoms with van der Waals surface area (Å²) in [4.78, 5) is 13.7. The molecule has 2 aromatic heterocycles. The van der Waals surface area contributed by atoms with Crippen LogP contribution >= 0.6 is 0 Å². The Bertz CT molecular complexity index is 584. The van der Waals surface area contributed by atoms with E-state index in [1.165, 1.54) is 5.56 Å². The molecule has 1 unspecified atom stereocenters. The van der Waals surface area contributed by atoms with E-state index in [9.17, 15) is 0 Å². The van der Waals surface area contributed by atoms with Gasteiger partial charge in [-0.25, -0.2) is 9.97 Å². The van der Waals surface area contributed by atoms with Crippen molar-refractivity contribution in [1.29, 1.82) is 0 Å².